The third-order valence-electron chi connectivity index (χ3n) is 2.90. The van der Waals surface area contributed by atoms with Gasteiger partial charge in [-0.15, -0.1) is 6.58 Å². The fourth-order valence-electron chi connectivity index (χ4n) is 1.73. The molecule has 1 atom stereocenters. The molecule has 22 heavy (non-hydrogen) atoms. The fraction of sp³-hybridized carbons (Fsp3) is 0.556. The molecule has 0 aliphatic carbocycles. The van der Waals surface area contributed by atoms with Crippen LogP contribution in [0.1, 0.15) is 26.8 Å². The molecule has 1 aromatic rings. The topological polar surface area (TPSA) is 50.7 Å². The Kier molecular flexibility index (Phi) is 11.5. The quantitative estimate of drug-likeness (QED) is 0.487. The molecule has 0 saturated carbocycles. The molecule has 1 aromatic carbocycles. The molecule has 0 saturated heterocycles. The van der Waals surface area contributed by atoms with Crippen molar-refractivity contribution in [2.24, 2.45) is 0 Å². The van der Waals surface area contributed by atoms with Crippen molar-refractivity contribution in [3.05, 3.63) is 42.5 Å². The van der Waals surface area contributed by atoms with E-state index in [9.17, 15) is 5.11 Å². The predicted molar refractivity (Wildman–Crippen MR) is 92.5 cm³/mol. The minimum atomic E-state index is -0.501. The summed E-state index contributed by atoms with van der Waals surface area (Å²) in [6.07, 6.45) is 2.12. The Morgan fingerprint density at radius 2 is 1.95 bits per heavy atom. The van der Waals surface area contributed by atoms with Gasteiger partial charge in [0.05, 0.1) is 13.2 Å². The van der Waals surface area contributed by atoms with Gasteiger partial charge in [0.15, 0.2) is 0 Å². The maximum Gasteiger partial charge on any atom is 0.119 e. The third kappa shape index (κ3) is 9.55. The van der Waals surface area contributed by atoms with E-state index in [2.05, 4.69) is 11.9 Å². The summed E-state index contributed by atoms with van der Waals surface area (Å²) >= 11 is 0. The van der Waals surface area contributed by atoms with Gasteiger partial charge < -0.3 is 19.9 Å². The van der Waals surface area contributed by atoms with E-state index < -0.39 is 6.10 Å². The first kappa shape index (κ1) is 20.6. The zero-order valence-electron chi connectivity index (χ0n) is 13.0. The van der Waals surface area contributed by atoms with Crippen LogP contribution in [0.4, 0.5) is 0 Å². The Labute approximate surface area is 135 Å². The molecule has 0 amide bonds. The Morgan fingerprint density at radius 1 is 1.27 bits per heavy atom. The smallest absolute Gasteiger partial charge is 0.119 e. The molecule has 0 aliphatic rings. The average molecular weight is 309 g/mol. The molecule has 126 valence electrons. The monoisotopic (exact) mass is 309 g/mol. The maximum atomic E-state index is 9.77. The lowest BCUT2D eigenvalue weighted by Crippen LogP contribution is -2.35. The van der Waals surface area contributed by atoms with Gasteiger partial charge in [-0.1, -0.05) is 39.5 Å². The minimum absolute atomic E-state index is 0. The molecule has 0 aliphatic heterocycles. The van der Waals surface area contributed by atoms with Crippen molar-refractivity contribution in [1.82, 2.24) is 5.32 Å². The van der Waals surface area contributed by atoms with Crippen LogP contribution < -0.4 is 10.1 Å². The second-order valence-corrected chi connectivity index (χ2v) is 5.29. The normalized spacial score (nSPS) is 11.8. The van der Waals surface area contributed by atoms with Crippen LogP contribution in [-0.4, -0.2) is 43.6 Å². The van der Waals surface area contributed by atoms with Crippen LogP contribution in [0.2, 0.25) is 0 Å². The number of ether oxygens (including phenoxy) is 2. The van der Waals surface area contributed by atoms with Gasteiger partial charge in [0.2, 0.25) is 0 Å². The van der Waals surface area contributed by atoms with Crippen LogP contribution in [0, 0.1) is 0 Å². The highest BCUT2D eigenvalue weighted by molar-refractivity contribution is 5.27. The van der Waals surface area contributed by atoms with Crippen molar-refractivity contribution in [3.8, 4) is 5.75 Å². The Hall–Kier alpha value is -1.36. The zero-order valence-corrected chi connectivity index (χ0v) is 13.0. The van der Waals surface area contributed by atoms with Crippen molar-refractivity contribution in [2.75, 3.05) is 26.4 Å². The average Bonchev–Trinajstić information content (AvgIpc) is 2.48. The number of hydrogen-bond donors (Lipinski definition) is 2. The largest absolute Gasteiger partial charge is 0.491 e. The number of nitrogens with one attached hydrogen (secondary N) is 1. The lowest BCUT2D eigenvalue weighted by atomic mass is 10.1. The number of benzene rings is 1. The van der Waals surface area contributed by atoms with Crippen LogP contribution in [0.3, 0.4) is 0 Å². The van der Waals surface area contributed by atoms with Crippen LogP contribution >= 0.6 is 0 Å². The number of aliphatic hydroxyl groups is 1. The Bertz CT molecular complexity index is 390. The lowest BCUT2D eigenvalue weighted by Gasteiger charge is -2.15. The summed E-state index contributed by atoms with van der Waals surface area (Å²) in [6.45, 7) is 9.81. The molecule has 2 N–H and O–H groups in total. The first-order valence-corrected chi connectivity index (χ1v) is 7.43. The maximum absolute atomic E-state index is 9.77. The summed E-state index contributed by atoms with van der Waals surface area (Å²) in [7, 11) is 0. The molecular weight excluding hydrogens is 278 g/mol. The molecule has 0 fully saturated rings. The van der Waals surface area contributed by atoms with Gasteiger partial charge in [0.1, 0.15) is 18.5 Å². The molecule has 4 nitrogen and oxygen atoms in total. The molecule has 0 spiro atoms. The molecule has 0 aromatic heterocycles. The van der Waals surface area contributed by atoms with E-state index in [0.29, 0.717) is 32.4 Å². The molecule has 1 unspecified atom stereocenters. The number of hydrogen-bond acceptors (Lipinski definition) is 4. The highest BCUT2D eigenvalue weighted by atomic mass is 16.5. The van der Waals surface area contributed by atoms with Gasteiger partial charge in [-0.3, -0.25) is 0 Å². The van der Waals surface area contributed by atoms with Crippen LogP contribution in [-0.2, 0) is 11.2 Å². The Balaban J connectivity index is 0.00000441. The molecule has 4 heteroatoms. The zero-order chi connectivity index (χ0) is 15.5. The molecular formula is C18H31NO3. The SMILES string of the molecule is C.C=CCOCCc1ccc(OCC(O)CNC(C)C)cc1. The van der Waals surface area contributed by atoms with Gasteiger partial charge in [0.25, 0.3) is 0 Å². The van der Waals surface area contributed by atoms with Crippen molar-refractivity contribution < 1.29 is 14.6 Å². The van der Waals surface area contributed by atoms with E-state index in [4.69, 9.17) is 9.47 Å². The lowest BCUT2D eigenvalue weighted by molar-refractivity contribution is 0.104. The standard InChI is InChI=1S/C17H27NO3.CH4/c1-4-10-20-11-9-15-5-7-17(8-6-15)21-13-16(19)12-18-14(2)3;/h4-8,14,16,18-19H,1,9-13H2,2-3H3;1H4. The van der Waals surface area contributed by atoms with Gasteiger partial charge >= 0.3 is 0 Å². The fourth-order valence-corrected chi connectivity index (χ4v) is 1.73. The summed E-state index contributed by atoms with van der Waals surface area (Å²) in [5.41, 5.74) is 1.20. The van der Waals surface area contributed by atoms with Crippen LogP contribution in [0.5, 0.6) is 5.75 Å². The number of aliphatic hydroxyl groups excluding tert-OH is 1. The third-order valence-corrected chi connectivity index (χ3v) is 2.90. The second kappa shape index (κ2) is 12.2. The van der Waals surface area contributed by atoms with E-state index in [1.54, 1.807) is 6.08 Å². The van der Waals surface area contributed by atoms with E-state index in [1.807, 2.05) is 38.1 Å². The summed E-state index contributed by atoms with van der Waals surface area (Å²) in [6, 6.07) is 8.25. The van der Waals surface area contributed by atoms with Gasteiger partial charge in [-0.25, -0.2) is 0 Å². The van der Waals surface area contributed by atoms with Crippen molar-refractivity contribution in [1.29, 1.82) is 0 Å². The van der Waals surface area contributed by atoms with Gasteiger partial charge in [-0.05, 0) is 24.1 Å². The van der Waals surface area contributed by atoms with Crippen LogP contribution in [0.25, 0.3) is 0 Å². The molecule has 1 rings (SSSR count). The number of rotatable bonds is 11. The Morgan fingerprint density at radius 3 is 2.55 bits per heavy atom. The minimum Gasteiger partial charge on any atom is -0.491 e. The van der Waals surface area contributed by atoms with E-state index in [0.717, 1.165) is 12.2 Å². The van der Waals surface area contributed by atoms with E-state index in [1.165, 1.54) is 5.56 Å². The predicted octanol–water partition coefficient (Wildman–Crippen LogP) is 2.81. The summed E-state index contributed by atoms with van der Waals surface area (Å²) in [5.74, 6) is 0.773. The summed E-state index contributed by atoms with van der Waals surface area (Å²) in [5, 5.41) is 12.9. The van der Waals surface area contributed by atoms with E-state index in [-0.39, 0.29) is 7.43 Å². The van der Waals surface area contributed by atoms with Crippen molar-refractivity contribution in [2.45, 2.75) is 39.8 Å². The molecule has 0 radical (unpaired) electrons. The van der Waals surface area contributed by atoms with Gasteiger partial charge in [-0.2, -0.15) is 0 Å². The summed E-state index contributed by atoms with van der Waals surface area (Å²) < 4.78 is 10.9. The first-order chi connectivity index (χ1) is 10.1. The summed E-state index contributed by atoms with van der Waals surface area (Å²) in [4.78, 5) is 0. The highest BCUT2D eigenvalue weighted by Crippen LogP contribution is 2.13. The van der Waals surface area contributed by atoms with Crippen molar-refractivity contribution in [3.63, 3.8) is 0 Å². The van der Waals surface area contributed by atoms with Crippen LogP contribution in [0.15, 0.2) is 36.9 Å². The second-order valence-electron chi connectivity index (χ2n) is 5.29. The van der Waals surface area contributed by atoms with Crippen molar-refractivity contribution >= 4 is 0 Å². The van der Waals surface area contributed by atoms with E-state index >= 15 is 0 Å². The van der Waals surface area contributed by atoms with Gasteiger partial charge in [0, 0.05) is 12.6 Å². The molecule has 0 bridgehead atoms. The highest BCUT2D eigenvalue weighted by Gasteiger charge is 2.06. The molecule has 0 heterocycles. The first-order valence-electron chi connectivity index (χ1n) is 7.43.